The number of nitrogens with zero attached hydrogens (tertiary/aromatic N) is 1. The fraction of sp³-hybridized carbons (Fsp3) is 0.556. The molecule has 0 heterocycles. The van der Waals surface area contributed by atoms with Crippen LogP contribution in [0.4, 0.5) is 0 Å². The van der Waals surface area contributed by atoms with Gasteiger partial charge >= 0.3 is 0 Å². The van der Waals surface area contributed by atoms with E-state index < -0.39 is 0 Å². The first-order valence-electron chi connectivity index (χ1n) is 3.70. The number of hydrogen-bond donors (Lipinski definition) is 0. The van der Waals surface area contributed by atoms with Crippen LogP contribution in [0.3, 0.4) is 0 Å². The molecular formula is C9H14N. The molecule has 1 atom stereocenters. The Morgan fingerprint density at radius 1 is 1.70 bits per heavy atom. The molecule has 0 aliphatic carbocycles. The van der Waals surface area contributed by atoms with Gasteiger partial charge in [-0.3, -0.25) is 0 Å². The molecule has 0 fully saturated rings. The molecule has 1 heteroatoms. The highest BCUT2D eigenvalue weighted by atomic mass is 14.3. The van der Waals surface area contributed by atoms with Gasteiger partial charge in [-0.15, -0.1) is 6.58 Å². The van der Waals surface area contributed by atoms with Crippen molar-refractivity contribution in [3.05, 3.63) is 19.1 Å². The lowest BCUT2D eigenvalue weighted by atomic mass is 10.0. The van der Waals surface area contributed by atoms with Crippen LogP contribution in [0.15, 0.2) is 12.7 Å². The fourth-order valence-corrected chi connectivity index (χ4v) is 0.703. The van der Waals surface area contributed by atoms with Gasteiger partial charge in [0, 0.05) is 0 Å². The first-order chi connectivity index (χ1) is 4.85. The predicted molar refractivity (Wildman–Crippen MR) is 43.1 cm³/mol. The van der Waals surface area contributed by atoms with E-state index in [-0.39, 0.29) is 5.92 Å². The van der Waals surface area contributed by atoms with Gasteiger partial charge in [-0.1, -0.05) is 25.8 Å². The topological polar surface area (TPSA) is 23.8 Å². The summed E-state index contributed by atoms with van der Waals surface area (Å²) < 4.78 is 0. The third-order valence-electron chi connectivity index (χ3n) is 1.38. The summed E-state index contributed by atoms with van der Waals surface area (Å²) in [6, 6.07) is 2.14. The quantitative estimate of drug-likeness (QED) is 0.421. The van der Waals surface area contributed by atoms with E-state index in [9.17, 15) is 0 Å². The van der Waals surface area contributed by atoms with Crippen LogP contribution in [0.1, 0.15) is 26.2 Å². The van der Waals surface area contributed by atoms with Crippen molar-refractivity contribution in [1.82, 2.24) is 0 Å². The lowest BCUT2D eigenvalue weighted by molar-refractivity contribution is 0.740. The molecule has 1 radical (unpaired) electrons. The molecule has 0 amide bonds. The molecule has 55 valence electrons. The minimum Gasteiger partial charge on any atom is -0.198 e. The summed E-state index contributed by atoms with van der Waals surface area (Å²) in [5.41, 5.74) is 0. The average molecular weight is 136 g/mol. The molecule has 0 aliphatic heterocycles. The SMILES string of the molecule is C=CC(C#N)[CH]CCCC. The maximum atomic E-state index is 8.47. The van der Waals surface area contributed by atoms with E-state index in [1.54, 1.807) is 6.08 Å². The monoisotopic (exact) mass is 136 g/mol. The molecule has 0 saturated heterocycles. The molecule has 10 heavy (non-hydrogen) atoms. The summed E-state index contributed by atoms with van der Waals surface area (Å²) in [4.78, 5) is 0. The standard InChI is InChI=1S/C9H14N/c1-3-5-6-7-9(4-2)8-10/h4,7,9H,2-3,5-6H2,1H3. The van der Waals surface area contributed by atoms with Gasteiger partial charge in [-0.2, -0.15) is 5.26 Å². The summed E-state index contributed by atoms with van der Waals surface area (Å²) >= 11 is 0. The molecule has 0 aromatic rings. The van der Waals surface area contributed by atoms with Crippen LogP contribution in [-0.4, -0.2) is 0 Å². The van der Waals surface area contributed by atoms with Crippen LogP contribution in [0.25, 0.3) is 0 Å². The average Bonchev–Trinajstić information content (AvgIpc) is 1.99. The molecule has 0 N–H and O–H groups in total. The van der Waals surface area contributed by atoms with Crippen LogP contribution in [0, 0.1) is 23.7 Å². The second kappa shape index (κ2) is 6.35. The Morgan fingerprint density at radius 3 is 2.80 bits per heavy atom. The van der Waals surface area contributed by atoms with Crippen molar-refractivity contribution >= 4 is 0 Å². The Morgan fingerprint density at radius 2 is 2.40 bits per heavy atom. The van der Waals surface area contributed by atoms with Gasteiger partial charge < -0.3 is 0 Å². The number of allylic oxidation sites excluding steroid dienone is 1. The van der Waals surface area contributed by atoms with Crippen molar-refractivity contribution in [1.29, 1.82) is 5.26 Å². The van der Waals surface area contributed by atoms with Gasteiger partial charge in [0.2, 0.25) is 0 Å². The van der Waals surface area contributed by atoms with Crippen LogP contribution in [-0.2, 0) is 0 Å². The maximum absolute atomic E-state index is 8.47. The maximum Gasteiger partial charge on any atom is 0.0700 e. The minimum absolute atomic E-state index is 0.0495. The van der Waals surface area contributed by atoms with Crippen LogP contribution in [0.2, 0.25) is 0 Å². The molecule has 0 aliphatic rings. The molecule has 1 nitrogen and oxygen atoms in total. The van der Waals surface area contributed by atoms with Crippen molar-refractivity contribution < 1.29 is 0 Å². The van der Waals surface area contributed by atoms with E-state index in [2.05, 4.69) is 19.6 Å². The number of rotatable bonds is 5. The van der Waals surface area contributed by atoms with Crippen molar-refractivity contribution in [2.75, 3.05) is 0 Å². The van der Waals surface area contributed by atoms with Gasteiger partial charge in [0.05, 0.1) is 12.0 Å². The van der Waals surface area contributed by atoms with Crippen LogP contribution < -0.4 is 0 Å². The first-order valence-corrected chi connectivity index (χ1v) is 3.70. The lowest BCUT2D eigenvalue weighted by Gasteiger charge is -1.99. The molecule has 0 bridgehead atoms. The Kier molecular flexibility index (Phi) is 5.86. The molecular weight excluding hydrogens is 122 g/mol. The third-order valence-corrected chi connectivity index (χ3v) is 1.38. The first kappa shape index (κ1) is 9.23. The van der Waals surface area contributed by atoms with Gasteiger partial charge in [0.25, 0.3) is 0 Å². The fourth-order valence-electron chi connectivity index (χ4n) is 0.703. The Labute approximate surface area is 63.4 Å². The van der Waals surface area contributed by atoms with Crippen molar-refractivity contribution in [2.45, 2.75) is 26.2 Å². The van der Waals surface area contributed by atoms with E-state index >= 15 is 0 Å². The van der Waals surface area contributed by atoms with E-state index in [4.69, 9.17) is 5.26 Å². The van der Waals surface area contributed by atoms with Crippen molar-refractivity contribution in [3.8, 4) is 6.07 Å². The Bertz CT molecular complexity index is 121. The van der Waals surface area contributed by atoms with Gasteiger partial charge in [-0.05, 0) is 12.8 Å². The zero-order valence-corrected chi connectivity index (χ0v) is 6.51. The molecule has 0 rings (SSSR count). The Balaban J connectivity index is 3.28. The third kappa shape index (κ3) is 4.14. The minimum atomic E-state index is -0.0495. The van der Waals surface area contributed by atoms with E-state index in [0.717, 1.165) is 6.42 Å². The summed E-state index contributed by atoms with van der Waals surface area (Å²) in [6.07, 6.45) is 7.07. The number of unbranched alkanes of at least 4 members (excludes halogenated alkanes) is 2. The summed E-state index contributed by atoms with van der Waals surface area (Å²) in [5.74, 6) is -0.0495. The number of hydrogen-bond acceptors (Lipinski definition) is 1. The van der Waals surface area contributed by atoms with Gasteiger partial charge in [0.15, 0.2) is 0 Å². The van der Waals surface area contributed by atoms with Crippen LogP contribution >= 0.6 is 0 Å². The highest BCUT2D eigenvalue weighted by molar-refractivity contribution is 5.03. The normalized spacial score (nSPS) is 12.0. The van der Waals surface area contributed by atoms with E-state index in [1.165, 1.54) is 12.8 Å². The van der Waals surface area contributed by atoms with Crippen molar-refractivity contribution in [3.63, 3.8) is 0 Å². The largest absolute Gasteiger partial charge is 0.198 e. The Hall–Kier alpha value is -0.770. The molecule has 0 saturated carbocycles. The highest BCUT2D eigenvalue weighted by Crippen LogP contribution is 2.07. The van der Waals surface area contributed by atoms with Crippen LogP contribution in [0.5, 0.6) is 0 Å². The second-order valence-corrected chi connectivity index (χ2v) is 2.27. The molecule has 0 aromatic carbocycles. The molecule has 0 aromatic heterocycles. The molecule has 0 spiro atoms. The summed E-state index contributed by atoms with van der Waals surface area (Å²) in [6.45, 7) is 5.70. The zero-order valence-electron chi connectivity index (χ0n) is 6.51. The van der Waals surface area contributed by atoms with E-state index in [1.807, 2.05) is 6.42 Å². The molecule has 1 unspecified atom stereocenters. The van der Waals surface area contributed by atoms with Gasteiger partial charge in [-0.25, -0.2) is 0 Å². The second-order valence-electron chi connectivity index (χ2n) is 2.27. The lowest BCUT2D eigenvalue weighted by Crippen LogP contribution is -1.91. The zero-order chi connectivity index (χ0) is 7.82. The summed E-state index contributed by atoms with van der Waals surface area (Å²) in [7, 11) is 0. The van der Waals surface area contributed by atoms with Crippen molar-refractivity contribution in [2.24, 2.45) is 5.92 Å². The van der Waals surface area contributed by atoms with E-state index in [0.29, 0.717) is 0 Å². The van der Waals surface area contributed by atoms with Gasteiger partial charge in [0.1, 0.15) is 0 Å². The summed E-state index contributed by atoms with van der Waals surface area (Å²) in [5, 5.41) is 8.47. The smallest absolute Gasteiger partial charge is 0.0700 e. The highest BCUT2D eigenvalue weighted by Gasteiger charge is 1.99. The predicted octanol–water partition coefficient (Wildman–Crippen LogP) is 2.71. The number of nitriles is 1.